The van der Waals surface area contributed by atoms with Crippen LogP contribution in [0.3, 0.4) is 0 Å². The minimum Gasteiger partial charge on any atom is -0.273 e. The molecule has 0 spiro atoms. The van der Waals surface area contributed by atoms with Crippen LogP contribution in [0.5, 0.6) is 0 Å². The molecule has 1 aliphatic heterocycles. The maximum absolute atomic E-state index is 12.2. The summed E-state index contributed by atoms with van der Waals surface area (Å²) in [6, 6.07) is 3.33. The molecule has 5 heteroatoms. The molecule has 2 heterocycles. The van der Waals surface area contributed by atoms with Gasteiger partial charge in [0.15, 0.2) is 0 Å². The van der Waals surface area contributed by atoms with Crippen molar-refractivity contribution < 1.29 is 9.59 Å². The van der Waals surface area contributed by atoms with Crippen LogP contribution in [-0.4, -0.2) is 22.5 Å². The topological polar surface area (TPSA) is 49.7 Å². The lowest BCUT2D eigenvalue weighted by molar-refractivity contribution is -0.129. The van der Waals surface area contributed by atoms with Crippen molar-refractivity contribution >= 4 is 29.0 Å². The Balaban J connectivity index is 1.90. The van der Waals surface area contributed by atoms with Crippen LogP contribution in [0.2, 0.25) is 0 Å². The standard InChI is InChI=1S/C13H10N2O2S/c16-12-10-5-1-2-6-11(10)14-13(17)15(12)8-9-4-3-7-18-9/h1-7,10H,8H2. The number of carbonyl (C=O) groups excluding carboxylic acids is 2. The minimum absolute atomic E-state index is 0.195. The second-order valence-corrected chi connectivity index (χ2v) is 5.08. The van der Waals surface area contributed by atoms with E-state index in [-0.39, 0.29) is 5.91 Å². The zero-order chi connectivity index (χ0) is 12.5. The summed E-state index contributed by atoms with van der Waals surface area (Å²) in [4.78, 5) is 30.2. The molecule has 1 atom stereocenters. The van der Waals surface area contributed by atoms with Crippen molar-refractivity contribution in [1.82, 2.24) is 4.90 Å². The Morgan fingerprint density at radius 1 is 1.33 bits per heavy atom. The molecule has 0 saturated carbocycles. The fourth-order valence-electron chi connectivity index (χ4n) is 1.98. The molecule has 3 rings (SSSR count). The summed E-state index contributed by atoms with van der Waals surface area (Å²) in [5.74, 6) is -0.605. The normalized spacial score (nSPS) is 22.1. The third-order valence-corrected chi connectivity index (χ3v) is 3.74. The summed E-state index contributed by atoms with van der Waals surface area (Å²) in [6.07, 6.45) is 7.07. The molecular weight excluding hydrogens is 248 g/mol. The van der Waals surface area contributed by atoms with Crippen molar-refractivity contribution in [2.75, 3.05) is 0 Å². The van der Waals surface area contributed by atoms with Gasteiger partial charge in [0.25, 0.3) is 0 Å². The molecule has 18 heavy (non-hydrogen) atoms. The summed E-state index contributed by atoms with van der Waals surface area (Å²) in [7, 11) is 0. The zero-order valence-corrected chi connectivity index (χ0v) is 10.3. The number of rotatable bonds is 2. The molecule has 0 aromatic carbocycles. The van der Waals surface area contributed by atoms with Crippen LogP contribution in [0.1, 0.15) is 4.88 Å². The number of amides is 3. The van der Waals surface area contributed by atoms with Gasteiger partial charge in [0.2, 0.25) is 5.91 Å². The van der Waals surface area contributed by atoms with Gasteiger partial charge in [-0.2, -0.15) is 4.99 Å². The number of nitrogens with zero attached hydrogens (tertiary/aromatic N) is 2. The van der Waals surface area contributed by atoms with Crippen molar-refractivity contribution in [1.29, 1.82) is 0 Å². The molecule has 0 N–H and O–H groups in total. The first-order valence-electron chi connectivity index (χ1n) is 5.57. The Bertz CT molecular complexity index is 584. The maximum Gasteiger partial charge on any atom is 0.350 e. The molecule has 1 aliphatic carbocycles. The van der Waals surface area contributed by atoms with E-state index >= 15 is 0 Å². The van der Waals surface area contributed by atoms with E-state index in [9.17, 15) is 9.59 Å². The van der Waals surface area contributed by atoms with Crippen LogP contribution in [0.4, 0.5) is 4.79 Å². The lowest BCUT2D eigenvalue weighted by Gasteiger charge is -2.27. The smallest absolute Gasteiger partial charge is 0.273 e. The summed E-state index contributed by atoms with van der Waals surface area (Å²) in [6.45, 7) is 0.306. The highest BCUT2D eigenvalue weighted by Gasteiger charge is 2.35. The molecule has 1 aromatic heterocycles. The molecule has 3 amide bonds. The third kappa shape index (κ3) is 1.82. The number of aliphatic imine (C=N–C) groups is 1. The number of thiophene rings is 1. The molecular formula is C13H10N2O2S. The van der Waals surface area contributed by atoms with Crippen molar-refractivity contribution in [2.45, 2.75) is 6.54 Å². The zero-order valence-electron chi connectivity index (χ0n) is 9.45. The molecule has 4 nitrogen and oxygen atoms in total. The van der Waals surface area contributed by atoms with Gasteiger partial charge in [-0.05, 0) is 17.5 Å². The van der Waals surface area contributed by atoms with Crippen LogP contribution < -0.4 is 0 Å². The number of imide groups is 1. The van der Waals surface area contributed by atoms with E-state index < -0.39 is 11.9 Å². The molecule has 0 saturated heterocycles. The first kappa shape index (κ1) is 11.1. The predicted octanol–water partition coefficient (Wildman–Crippen LogP) is 2.39. The average Bonchev–Trinajstić information content (AvgIpc) is 2.87. The molecule has 0 radical (unpaired) electrons. The Hall–Kier alpha value is -2.01. The number of carbonyl (C=O) groups is 2. The minimum atomic E-state index is -0.473. The second-order valence-electron chi connectivity index (χ2n) is 4.04. The van der Waals surface area contributed by atoms with Gasteiger partial charge in [-0.25, -0.2) is 4.79 Å². The van der Waals surface area contributed by atoms with Crippen molar-refractivity contribution in [3.63, 3.8) is 0 Å². The number of urea groups is 1. The van der Waals surface area contributed by atoms with Gasteiger partial charge in [0.05, 0.1) is 18.2 Å². The molecule has 90 valence electrons. The summed E-state index contributed by atoms with van der Waals surface area (Å²) in [5.41, 5.74) is 0.537. The fraction of sp³-hybridized carbons (Fsp3) is 0.154. The maximum atomic E-state index is 12.2. The van der Waals surface area contributed by atoms with Crippen LogP contribution in [0.25, 0.3) is 0 Å². The number of fused-ring (bicyclic) bond motifs is 1. The van der Waals surface area contributed by atoms with Crippen LogP contribution >= 0.6 is 11.3 Å². The summed E-state index contributed by atoms with van der Waals surface area (Å²) >= 11 is 1.52. The second kappa shape index (κ2) is 4.34. The Morgan fingerprint density at radius 3 is 3.00 bits per heavy atom. The Labute approximate surface area is 108 Å². The first-order valence-corrected chi connectivity index (χ1v) is 6.45. The number of hydrogen-bond acceptors (Lipinski definition) is 3. The van der Waals surface area contributed by atoms with Gasteiger partial charge in [-0.3, -0.25) is 9.69 Å². The largest absolute Gasteiger partial charge is 0.350 e. The number of hydrogen-bond donors (Lipinski definition) is 0. The van der Waals surface area contributed by atoms with Gasteiger partial charge in [0.1, 0.15) is 0 Å². The van der Waals surface area contributed by atoms with Gasteiger partial charge < -0.3 is 0 Å². The molecule has 1 aromatic rings. The third-order valence-electron chi connectivity index (χ3n) is 2.88. The van der Waals surface area contributed by atoms with E-state index in [1.807, 2.05) is 17.5 Å². The van der Waals surface area contributed by atoms with Gasteiger partial charge in [-0.15, -0.1) is 11.3 Å². The van der Waals surface area contributed by atoms with Crippen LogP contribution in [-0.2, 0) is 11.3 Å². The van der Waals surface area contributed by atoms with Gasteiger partial charge >= 0.3 is 6.03 Å². The summed E-state index contributed by atoms with van der Waals surface area (Å²) < 4.78 is 0. The predicted molar refractivity (Wildman–Crippen MR) is 69.5 cm³/mol. The lowest BCUT2D eigenvalue weighted by atomic mass is 9.95. The van der Waals surface area contributed by atoms with E-state index in [1.165, 1.54) is 16.2 Å². The Kier molecular flexibility index (Phi) is 2.68. The van der Waals surface area contributed by atoms with Crippen molar-refractivity contribution in [3.8, 4) is 0 Å². The van der Waals surface area contributed by atoms with E-state index in [0.717, 1.165) is 4.88 Å². The SMILES string of the molecule is O=C1N=C2C=CC=CC2C(=O)N1Cc1cccs1. The first-order chi connectivity index (χ1) is 8.75. The monoisotopic (exact) mass is 258 g/mol. The summed E-state index contributed by atoms with van der Waals surface area (Å²) in [5, 5.41) is 1.92. The van der Waals surface area contributed by atoms with Crippen molar-refractivity contribution in [3.05, 3.63) is 46.7 Å². The lowest BCUT2D eigenvalue weighted by Crippen LogP contribution is -2.45. The van der Waals surface area contributed by atoms with Gasteiger partial charge in [0, 0.05) is 4.88 Å². The fourth-order valence-corrected chi connectivity index (χ4v) is 2.68. The highest BCUT2D eigenvalue weighted by atomic mass is 32.1. The van der Waals surface area contributed by atoms with Crippen molar-refractivity contribution in [2.24, 2.45) is 10.9 Å². The number of allylic oxidation sites excluding steroid dienone is 3. The highest BCUT2D eigenvalue weighted by molar-refractivity contribution is 7.09. The Morgan fingerprint density at radius 2 is 2.22 bits per heavy atom. The van der Waals surface area contributed by atoms with Gasteiger partial charge in [-0.1, -0.05) is 24.3 Å². The van der Waals surface area contributed by atoms with E-state index in [2.05, 4.69) is 4.99 Å². The molecule has 0 bridgehead atoms. The van der Waals surface area contributed by atoms with Crippen LogP contribution in [0, 0.1) is 5.92 Å². The molecule has 1 unspecified atom stereocenters. The van der Waals surface area contributed by atoms with E-state index in [0.29, 0.717) is 12.3 Å². The average molecular weight is 258 g/mol. The quantitative estimate of drug-likeness (QED) is 0.817. The molecule has 0 fully saturated rings. The van der Waals surface area contributed by atoms with Crippen LogP contribution in [0.15, 0.2) is 46.8 Å². The molecule has 2 aliphatic rings. The van der Waals surface area contributed by atoms with E-state index in [4.69, 9.17) is 0 Å². The van der Waals surface area contributed by atoms with E-state index in [1.54, 1.807) is 24.3 Å². The highest BCUT2D eigenvalue weighted by Crippen LogP contribution is 2.22.